The lowest BCUT2D eigenvalue weighted by molar-refractivity contribution is 0.0676. The van der Waals surface area contributed by atoms with Crippen molar-refractivity contribution in [2.45, 2.75) is 25.8 Å². The summed E-state index contributed by atoms with van der Waals surface area (Å²) in [6, 6.07) is 1.46. The fourth-order valence-corrected chi connectivity index (χ4v) is 2.90. The molecular formula is C14H19Cl2N3O3. The summed E-state index contributed by atoms with van der Waals surface area (Å²) in [7, 11) is 1.69. The molecule has 1 saturated heterocycles. The third-order valence-electron chi connectivity index (χ3n) is 3.64. The summed E-state index contributed by atoms with van der Waals surface area (Å²) in [5.41, 5.74) is 0.437. The minimum absolute atomic E-state index is 0.108. The van der Waals surface area contributed by atoms with Crippen molar-refractivity contribution in [2.75, 3.05) is 19.7 Å². The molecule has 122 valence electrons. The highest BCUT2D eigenvalue weighted by Crippen LogP contribution is 2.26. The van der Waals surface area contributed by atoms with Gasteiger partial charge in [-0.15, -0.1) is 0 Å². The molecule has 0 unspecified atom stereocenters. The van der Waals surface area contributed by atoms with Crippen molar-refractivity contribution in [1.82, 2.24) is 14.8 Å². The topological polar surface area (TPSA) is 63.6 Å². The molecule has 6 nitrogen and oxygen atoms in total. The molecule has 1 aliphatic rings. The largest absolute Gasteiger partial charge is 0.450 e. The maximum absolute atomic E-state index is 12.6. The average Bonchev–Trinajstić information content (AvgIpc) is 2.74. The van der Waals surface area contributed by atoms with Gasteiger partial charge in [-0.25, -0.2) is 4.79 Å². The molecule has 1 aliphatic heterocycles. The van der Waals surface area contributed by atoms with Gasteiger partial charge in [-0.1, -0.05) is 23.2 Å². The van der Waals surface area contributed by atoms with E-state index in [1.807, 2.05) is 0 Å². The highest BCUT2D eigenvalue weighted by atomic mass is 35.5. The Morgan fingerprint density at radius 2 is 2.18 bits per heavy atom. The molecule has 2 amide bonds. The predicted octanol–water partition coefficient (Wildman–Crippen LogP) is 2.68. The third-order valence-corrected chi connectivity index (χ3v) is 4.48. The molecule has 0 aliphatic carbocycles. The van der Waals surface area contributed by atoms with Gasteiger partial charge in [0, 0.05) is 26.2 Å². The van der Waals surface area contributed by atoms with Gasteiger partial charge < -0.3 is 19.5 Å². The Bertz CT molecular complexity index is 574. The Hall–Kier alpha value is -1.40. The number of halogens is 2. The number of hydrogen-bond acceptors (Lipinski definition) is 3. The average molecular weight is 348 g/mol. The lowest BCUT2D eigenvalue weighted by atomic mass is 10.1. The van der Waals surface area contributed by atoms with Crippen LogP contribution in [0.1, 0.15) is 30.3 Å². The van der Waals surface area contributed by atoms with E-state index in [0.717, 1.165) is 12.8 Å². The van der Waals surface area contributed by atoms with Crippen LogP contribution in [0.4, 0.5) is 4.79 Å². The van der Waals surface area contributed by atoms with Crippen molar-refractivity contribution in [3.8, 4) is 0 Å². The van der Waals surface area contributed by atoms with Crippen molar-refractivity contribution >= 4 is 35.2 Å². The van der Waals surface area contributed by atoms with Gasteiger partial charge in [-0.2, -0.15) is 0 Å². The van der Waals surface area contributed by atoms with Crippen LogP contribution in [-0.4, -0.2) is 47.2 Å². The molecule has 1 fully saturated rings. The number of carbonyl (C=O) groups excluding carboxylic acids is 2. The first kappa shape index (κ1) is 17.0. The Morgan fingerprint density at radius 1 is 1.45 bits per heavy atom. The number of nitrogens with zero attached hydrogens (tertiary/aromatic N) is 2. The van der Waals surface area contributed by atoms with Gasteiger partial charge in [0.15, 0.2) is 0 Å². The fourth-order valence-electron chi connectivity index (χ4n) is 2.53. The first-order chi connectivity index (χ1) is 10.4. The van der Waals surface area contributed by atoms with Crippen LogP contribution in [0.15, 0.2) is 6.07 Å². The molecule has 0 saturated carbocycles. The molecule has 8 heteroatoms. The quantitative estimate of drug-likeness (QED) is 0.914. The number of aromatic nitrogens is 1. The van der Waals surface area contributed by atoms with Gasteiger partial charge in [-0.05, 0) is 25.8 Å². The Labute approximate surface area is 139 Å². The summed E-state index contributed by atoms with van der Waals surface area (Å²) >= 11 is 12.0. The SMILES string of the molecule is CCOC(=O)N[C@@H]1CCCN(C(=O)c2cc(Cl)c(Cl)n2C)C1. The molecule has 1 atom stereocenters. The van der Waals surface area contributed by atoms with E-state index in [1.54, 1.807) is 29.5 Å². The zero-order valence-electron chi connectivity index (χ0n) is 12.6. The van der Waals surface area contributed by atoms with Gasteiger partial charge in [0.1, 0.15) is 10.8 Å². The summed E-state index contributed by atoms with van der Waals surface area (Å²) in [4.78, 5) is 25.8. The molecular weight excluding hydrogens is 329 g/mol. The Balaban J connectivity index is 2.04. The molecule has 2 rings (SSSR count). The van der Waals surface area contributed by atoms with Crippen LogP contribution in [0.3, 0.4) is 0 Å². The monoisotopic (exact) mass is 347 g/mol. The first-order valence-corrected chi connectivity index (χ1v) is 7.93. The molecule has 0 bridgehead atoms. The van der Waals surface area contributed by atoms with E-state index in [-0.39, 0.29) is 11.9 Å². The number of alkyl carbamates (subject to hydrolysis) is 1. The lowest BCUT2D eigenvalue weighted by Crippen LogP contribution is -2.50. The van der Waals surface area contributed by atoms with E-state index < -0.39 is 6.09 Å². The molecule has 0 spiro atoms. The number of nitrogens with one attached hydrogen (secondary N) is 1. The first-order valence-electron chi connectivity index (χ1n) is 7.17. The second kappa shape index (κ2) is 7.24. The minimum atomic E-state index is -0.452. The summed E-state index contributed by atoms with van der Waals surface area (Å²) in [6.07, 6.45) is 1.18. The van der Waals surface area contributed by atoms with Gasteiger partial charge in [-0.3, -0.25) is 4.79 Å². The zero-order valence-corrected chi connectivity index (χ0v) is 14.1. The lowest BCUT2D eigenvalue weighted by Gasteiger charge is -2.33. The van der Waals surface area contributed by atoms with Gasteiger partial charge in [0.05, 0.1) is 11.6 Å². The van der Waals surface area contributed by atoms with Crippen molar-refractivity contribution in [3.05, 3.63) is 21.9 Å². The maximum atomic E-state index is 12.6. The van der Waals surface area contributed by atoms with E-state index >= 15 is 0 Å². The Morgan fingerprint density at radius 3 is 2.77 bits per heavy atom. The maximum Gasteiger partial charge on any atom is 0.407 e. The molecule has 1 N–H and O–H groups in total. The molecule has 22 heavy (non-hydrogen) atoms. The zero-order chi connectivity index (χ0) is 16.3. The molecule has 1 aromatic heterocycles. The number of likely N-dealkylation sites (tertiary alicyclic amines) is 1. The van der Waals surface area contributed by atoms with Crippen molar-refractivity contribution < 1.29 is 14.3 Å². The Kier molecular flexibility index (Phi) is 5.58. The summed E-state index contributed by atoms with van der Waals surface area (Å²) in [6.45, 7) is 3.15. The minimum Gasteiger partial charge on any atom is -0.450 e. The fraction of sp³-hybridized carbons (Fsp3) is 0.571. The van der Waals surface area contributed by atoms with Crippen LogP contribution in [-0.2, 0) is 11.8 Å². The number of carbonyl (C=O) groups is 2. The molecule has 1 aromatic rings. The smallest absolute Gasteiger partial charge is 0.407 e. The van der Waals surface area contributed by atoms with E-state index in [1.165, 1.54) is 0 Å². The number of rotatable bonds is 3. The van der Waals surface area contributed by atoms with Gasteiger partial charge >= 0.3 is 6.09 Å². The third kappa shape index (κ3) is 3.67. The number of piperidine rings is 1. The van der Waals surface area contributed by atoms with Crippen molar-refractivity contribution in [2.24, 2.45) is 7.05 Å². The van der Waals surface area contributed by atoms with Crippen LogP contribution >= 0.6 is 23.2 Å². The van der Waals surface area contributed by atoms with E-state index in [9.17, 15) is 9.59 Å². The molecule has 0 radical (unpaired) electrons. The second-order valence-corrected chi connectivity index (χ2v) is 5.95. The van der Waals surface area contributed by atoms with Crippen LogP contribution in [0, 0.1) is 0 Å². The van der Waals surface area contributed by atoms with Crippen LogP contribution in [0.5, 0.6) is 0 Å². The summed E-state index contributed by atoms with van der Waals surface area (Å²) < 4.78 is 6.43. The summed E-state index contributed by atoms with van der Waals surface area (Å²) in [5, 5.41) is 3.46. The highest BCUT2D eigenvalue weighted by Gasteiger charge is 2.28. The van der Waals surface area contributed by atoms with Crippen LogP contribution < -0.4 is 5.32 Å². The van der Waals surface area contributed by atoms with Gasteiger partial charge in [0.2, 0.25) is 0 Å². The molecule has 0 aromatic carbocycles. The second-order valence-electron chi connectivity index (χ2n) is 5.18. The van der Waals surface area contributed by atoms with Crippen LogP contribution in [0.2, 0.25) is 10.2 Å². The normalized spacial score (nSPS) is 18.2. The standard InChI is InChI=1S/C14H19Cl2N3O3/c1-3-22-14(21)17-9-5-4-6-19(8-9)13(20)11-7-10(15)12(16)18(11)2/h7,9H,3-6,8H2,1-2H3,(H,17,21)/t9-/m1/s1. The number of hydrogen-bond donors (Lipinski definition) is 1. The van der Waals surface area contributed by atoms with Crippen LogP contribution in [0.25, 0.3) is 0 Å². The van der Waals surface area contributed by atoms with Gasteiger partial charge in [0.25, 0.3) is 5.91 Å². The number of amides is 2. The van der Waals surface area contributed by atoms with Crippen molar-refractivity contribution in [3.63, 3.8) is 0 Å². The molecule has 2 heterocycles. The number of ether oxygens (including phenoxy) is 1. The van der Waals surface area contributed by atoms with E-state index in [2.05, 4.69) is 5.32 Å². The van der Waals surface area contributed by atoms with E-state index in [4.69, 9.17) is 27.9 Å². The summed E-state index contributed by atoms with van der Waals surface area (Å²) in [5.74, 6) is -0.147. The van der Waals surface area contributed by atoms with E-state index in [0.29, 0.717) is 35.6 Å². The van der Waals surface area contributed by atoms with Crippen molar-refractivity contribution in [1.29, 1.82) is 0 Å². The predicted molar refractivity (Wildman–Crippen MR) is 84.5 cm³/mol. The highest BCUT2D eigenvalue weighted by molar-refractivity contribution is 6.41.